The number of anilines is 1. The number of nitrogens with zero attached hydrogens (tertiary/aromatic N) is 8. The Hall–Kier alpha value is -4.48. The van der Waals surface area contributed by atoms with Gasteiger partial charge >= 0.3 is 0 Å². The van der Waals surface area contributed by atoms with Crippen LogP contribution in [0.3, 0.4) is 0 Å². The highest BCUT2D eigenvalue weighted by Crippen LogP contribution is 2.34. The van der Waals surface area contributed by atoms with E-state index in [2.05, 4.69) is 42.2 Å². The van der Waals surface area contributed by atoms with Crippen LogP contribution in [-0.2, 0) is 5.54 Å². The first-order valence-corrected chi connectivity index (χ1v) is 13.7. The van der Waals surface area contributed by atoms with Crippen LogP contribution in [0.2, 0.25) is 0 Å². The van der Waals surface area contributed by atoms with E-state index in [1.165, 1.54) is 12.1 Å². The van der Waals surface area contributed by atoms with E-state index < -0.39 is 5.54 Å². The summed E-state index contributed by atoms with van der Waals surface area (Å²) < 4.78 is 17.1. The van der Waals surface area contributed by atoms with Crippen LogP contribution in [-0.4, -0.2) is 58.6 Å². The first-order valence-electron chi connectivity index (χ1n) is 13.7. The molecule has 0 bridgehead atoms. The van der Waals surface area contributed by atoms with Gasteiger partial charge in [0.15, 0.2) is 0 Å². The second kappa shape index (κ2) is 9.86. The van der Waals surface area contributed by atoms with Crippen LogP contribution < -0.4 is 10.6 Å². The lowest BCUT2D eigenvalue weighted by Gasteiger charge is -2.32. The highest BCUT2D eigenvalue weighted by atomic mass is 19.1. The quantitative estimate of drug-likeness (QED) is 0.327. The molecule has 1 fully saturated rings. The Bertz CT molecular complexity index is 1740. The SMILES string of the molecule is CC(N)(c1ccc(F)cc1)c1cnc(N2CC=C(c3ncnn4cc(-c5cnn([C@H]6CC[C@@H]6O)c5)cc34)CC2)nc1. The van der Waals surface area contributed by atoms with E-state index in [1.54, 1.807) is 30.9 Å². The van der Waals surface area contributed by atoms with Crippen LogP contribution >= 0.6 is 0 Å². The fraction of sp³-hybridized carbons (Fsp3) is 0.300. The summed E-state index contributed by atoms with van der Waals surface area (Å²) in [6.45, 7) is 3.25. The molecule has 41 heavy (non-hydrogen) atoms. The predicted molar refractivity (Wildman–Crippen MR) is 152 cm³/mol. The molecule has 1 unspecified atom stereocenters. The molecule has 2 aliphatic rings. The van der Waals surface area contributed by atoms with Crippen LogP contribution in [0.5, 0.6) is 0 Å². The van der Waals surface area contributed by atoms with Crippen molar-refractivity contribution in [2.75, 3.05) is 18.0 Å². The van der Waals surface area contributed by atoms with Gasteiger partial charge < -0.3 is 15.7 Å². The van der Waals surface area contributed by atoms with Crippen molar-refractivity contribution >= 4 is 17.0 Å². The van der Waals surface area contributed by atoms with E-state index in [-0.39, 0.29) is 18.0 Å². The van der Waals surface area contributed by atoms with Gasteiger partial charge in [0.2, 0.25) is 5.95 Å². The van der Waals surface area contributed by atoms with E-state index in [0.29, 0.717) is 12.5 Å². The van der Waals surface area contributed by atoms with Gasteiger partial charge in [0.1, 0.15) is 12.1 Å². The van der Waals surface area contributed by atoms with E-state index in [0.717, 1.165) is 64.8 Å². The summed E-state index contributed by atoms with van der Waals surface area (Å²) in [6.07, 6.45) is 15.3. The van der Waals surface area contributed by atoms with Crippen molar-refractivity contribution in [2.24, 2.45) is 5.73 Å². The number of aliphatic hydroxyl groups excluding tert-OH is 1. The Labute approximate surface area is 236 Å². The molecule has 208 valence electrons. The fourth-order valence-corrected chi connectivity index (χ4v) is 5.56. The van der Waals surface area contributed by atoms with Crippen LogP contribution in [0.4, 0.5) is 10.3 Å². The molecule has 5 aromatic rings. The average molecular weight is 552 g/mol. The van der Waals surface area contributed by atoms with Crippen molar-refractivity contribution in [1.82, 2.24) is 34.3 Å². The van der Waals surface area contributed by atoms with Gasteiger partial charge in [-0.3, -0.25) is 4.68 Å². The Kier molecular flexibility index (Phi) is 6.13. The lowest BCUT2D eigenvalue weighted by atomic mass is 9.87. The van der Waals surface area contributed by atoms with Crippen molar-refractivity contribution in [3.8, 4) is 11.1 Å². The summed E-state index contributed by atoms with van der Waals surface area (Å²) in [5.74, 6) is 0.330. The topological polar surface area (TPSA) is 123 Å². The number of aromatic nitrogens is 7. The molecule has 1 aliphatic heterocycles. The summed E-state index contributed by atoms with van der Waals surface area (Å²) in [4.78, 5) is 16.0. The van der Waals surface area contributed by atoms with Crippen molar-refractivity contribution in [2.45, 2.75) is 43.9 Å². The third-order valence-corrected chi connectivity index (χ3v) is 8.36. The number of fused-ring (bicyclic) bond motifs is 1. The third kappa shape index (κ3) is 4.56. The maximum Gasteiger partial charge on any atom is 0.225 e. The predicted octanol–water partition coefficient (Wildman–Crippen LogP) is 3.73. The molecule has 1 aromatic carbocycles. The highest BCUT2D eigenvalue weighted by Gasteiger charge is 2.31. The number of rotatable bonds is 6. The van der Waals surface area contributed by atoms with Crippen molar-refractivity contribution < 1.29 is 9.50 Å². The maximum atomic E-state index is 13.4. The Balaban J connectivity index is 1.09. The minimum absolute atomic E-state index is 0.0567. The van der Waals surface area contributed by atoms with Gasteiger partial charge in [-0.25, -0.2) is 23.9 Å². The van der Waals surface area contributed by atoms with Gasteiger partial charge in [-0.1, -0.05) is 18.2 Å². The minimum Gasteiger partial charge on any atom is -0.391 e. The third-order valence-electron chi connectivity index (χ3n) is 8.36. The van der Waals surface area contributed by atoms with E-state index >= 15 is 0 Å². The molecule has 4 aromatic heterocycles. The molecule has 10 nitrogen and oxygen atoms in total. The molecule has 3 N–H and O–H groups in total. The number of halogens is 1. The monoisotopic (exact) mass is 551 g/mol. The van der Waals surface area contributed by atoms with E-state index in [9.17, 15) is 9.50 Å². The Morgan fingerprint density at radius 2 is 1.78 bits per heavy atom. The molecular formula is C30H30FN9O. The molecule has 3 atom stereocenters. The van der Waals surface area contributed by atoms with Gasteiger partial charge in [-0.2, -0.15) is 10.2 Å². The fourth-order valence-electron chi connectivity index (χ4n) is 5.56. The second-order valence-electron chi connectivity index (χ2n) is 11.0. The lowest BCUT2D eigenvalue weighted by Crippen LogP contribution is -2.35. The van der Waals surface area contributed by atoms with Crippen LogP contribution in [0.25, 0.3) is 22.2 Å². The summed E-state index contributed by atoms with van der Waals surface area (Å²) in [6, 6.07) is 8.33. The maximum absolute atomic E-state index is 13.4. The molecule has 1 saturated carbocycles. The molecular weight excluding hydrogens is 521 g/mol. The van der Waals surface area contributed by atoms with Gasteiger partial charge in [0, 0.05) is 54.6 Å². The number of hydrogen-bond acceptors (Lipinski definition) is 8. The molecule has 0 radical (unpaired) electrons. The average Bonchev–Trinajstić information content (AvgIpc) is 3.64. The highest BCUT2D eigenvalue weighted by molar-refractivity contribution is 5.80. The van der Waals surface area contributed by atoms with Crippen LogP contribution in [0.1, 0.15) is 49.0 Å². The van der Waals surface area contributed by atoms with Crippen molar-refractivity contribution in [1.29, 1.82) is 0 Å². The second-order valence-corrected chi connectivity index (χ2v) is 11.0. The number of aliphatic hydroxyl groups is 1. The van der Waals surface area contributed by atoms with Crippen LogP contribution in [0.15, 0.2) is 73.7 Å². The lowest BCUT2D eigenvalue weighted by molar-refractivity contribution is 0.0254. The van der Waals surface area contributed by atoms with Crippen molar-refractivity contribution in [3.63, 3.8) is 0 Å². The summed E-state index contributed by atoms with van der Waals surface area (Å²) in [5.41, 5.74) is 12.3. The molecule has 7 rings (SSSR count). The Morgan fingerprint density at radius 3 is 2.46 bits per heavy atom. The number of nitrogens with two attached hydrogens (primary N) is 1. The smallest absolute Gasteiger partial charge is 0.225 e. The zero-order valence-corrected chi connectivity index (χ0v) is 22.6. The molecule has 0 amide bonds. The van der Waals surface area contributed by atoms with Crippen LogP contribution in [0, 0.1) is 5.82 Å². The first kappa shape index (κ1) is 25.5. The molecule has 5 heterocycles. The number of benzene rings is 1. The first-order chi connectivity index (χ1) is 19.9. The minimum atomic E-state index is -0.840. The molecule has 0 spiro atoms. The van der Waals surface area contributed by atoms with Gasteiger partial charge in [-0.15, -0.1) is 0 Å². The molecule has 11 heteroatoms. The van der Waals surface area contributed by atoms with Crippen molar-refractivity contribution in [3.05, 3.63) is 96.4 Å². The largest absolute Gasteiger partial charge is 0.391 e. The van der Waals surface area contributed by atoms with Gasteiger partial charge in [0.05, 0.1) is 35.1 Å². The zero-order chi connectivity index (χ0) is 28.1. The van der Waals surface area contributed by atoms with E-state index in [1.807, 2.05) is 34.7 Å². The summed E-state index contributed by atoms with van der Waals surface area (Å²) >= 11 is 0. The van der Waals surface area contributed by atoms with E-state index in [4.69, 9.17) is 5.73 Å². The zero-order valence-electron chi connectivity index (χ0n) is 22.6. The summed E-state index contributed by atoms with van der Waals surface area (Å²) in [7, 11) is 0. The summed E-state index contributed by atoms with van der Waals surface area (Å²) in [5, 5.41) is 18.9. The molecule has 0 saturated heterocycles. The van der Waals surface area contributed by atoms with Gasteiger partial charge in [0.25, 0.3) is 0 Å². The Morgan fingerprint density at radius 1 is 0.976 bits per heavy atom. The van der Waals surface area contributed by atoms with Gasteiger partial charge in [-0.05, 0) is 55.5 Å². The standard InChI is InChI=1S/C30H30FN9O/c1-30(32,22-2-4-24(31)5-3-22)23-14-33-29(34-15-23)38-10-8-19(9-11-38)28-26-12-20(16-40(26)37-18-35-28)21-13-36-39(17-21)25-6-7-27(25)41/h2-5,8,12-18,25,27,41H,6-7,9-11,32H2,1H3/t25-,27-,30?/m0/s1. The normalized spacial score (nSPS) is 20.5. The molecule has 1 aliphatic carbocycles. The number of hydrogen-bond donors (Lipinski definition) is 2.